The Morgan fingerprint density at radius 1 is 1.25 bits per heavy atom. The molecule has 0 aromatic heterocycles. The van der Waals surface area contributed by atoms with E-state index in [9.17, 15) is 0 Å². The van der Waals surface area contributed by atoms with Crippen LogP contribution < -0.4 is 5.73 Å². The van der Waals surface area contributed by atoms with Gasteiger partial charge >= 0.3 is 0 Å². The van der Waals surface area contributed by atoms with E-state index in [2.05, 4.69) is 13.8 Å². The van der Waals surface area contributed by atoms with E-state index >= 15 is 0 Å². The van der Waals surface area contributed by atoms with Gasteiger partial charge < -0.3 is 5.73 Å². The van der Waals surface area contributed by atoms with Crippen LogP contribution in [-0.2, 0) is 6.42 Å². The third kappa shape index (κ3) is 4.32. The van der Waals surface area contributed by atoms with Crippen molar-refractivity contribution in [2.75, 3.05) is 0 Å². The highest BCUT2D eigenvalue weighted by atomic mass is 35.5. The zero-order valence-electron chi connectivity index (χ0n) is 9.84. The topological polar surface area (TPSA) is 26.0 Å². The Kier molecular flexibility index (Phi) is 5.60. The first-order valence-electron chi connectivity index (χ1n) is 5.69. The minimum Gasteiger partial charge on any atom is -0.328 e. The van der Waals surface area contributed by atoms with E-state index in [0.717, 1.165) is 24.8 Å². The first kappa shape index (κ1) is 13.8. The molecular weight excluding hydrogens is 241 g/mol. The monoisotopic (exact) mass is 259 g/mol. The minimum absolute atomic E-state index is 0.245. The summed E-state index contributed by atoms with van der Waals surface area (Å²) in [5.74, 6) is 0.643. The number of halogens is 2. The van der Waals surface area contributed by atoms with E-state index in [0.29, 0.717) is 16.0 Å². The van der Waals surface area contributed by atoms with E-state index < -0.39 is 0 Å². The van der Waals surface area contributed by atoms with Crippen molar-refractivity contribution < 1.29 is 0 Å². The van der Waals surface area contributed by atoms with E-state index in [1.807, 2.05) is 12.1 Å². The van der Waals surface area contributed by atoms with Gasteiger partial charge in [-0.05, 0) is 36.8 Å². The summed E-state index contributed by atoms with van der Waals surface area (Å²) in [7, 11) is 0. The Bertz CT molecular complexity index is 337. The van der Waals surface area contributed by atoms with Crippen LogP contribution >= 0.6 is 23.2 Å². The molecule has 0 saturated heterocycles. The third-order valence-electron chi connectivity index (χ3n) is 2.59. The molecule has 0 fully saturated rings. The molecule has 90 valence electrons. The summed E-state index contributed by atoms with van der Waals surface area (Å²) in [6, 6.07) is 5.99. The summed E-state index contributed by atoms with van der Waals surface area (Å²) in [5.41, 5.74) is 7.13. The van der Waals surface area contributed by atoms with Crippen molar-refractivity contribution in [2.24, 2.45) is 11.7 Å². The fraction of sp³-hybridized carbons (Fsp3) is 0.538. The fourth-order valence-electron chi connectivity index (χ4n) is 1.81. The highest BCUT2D eigenvalue weighted by Gasteiger charge is 2.08. The van der Waals surface area contributed by atoms with E-state index in [-0.39, 0.29) is 6.04 Å². The van der Waals surface area contributed by atoms with Crippen LogP contribution in [0.25, 0.3) is 0 Å². The maximum atomic E-state index is 6.11. The van der Waals surface area contributed by atoms with Gasteiger partial charge in [-0.1, -0.05) is 49.2 Å². The molecule has 1 aromatic rings. The van der Waals surface area contributed by atoms with Gasteiger partial charge in [-0.3, -0.25) is 0 Å². The Balaban J connectivity index is 2.51. The normalized spacial score (nSPS) is 13.1. The molecule has 2 N–H and O–H groups in total. The van der Waals surface area contributed by atoms with Gasteiger partial charge in [0.1, 0.15) is 0 Å². The number of hydrogen-bond acceptors (Lipinski definition) is 1. The van der Waals surface area contributed by atoms with E-state index in [4.69, 9.17) is 28.9 Å². The molecule has 0 spiro atoms. The third-order valence-corrected chi connectivity index (χ3v) is 3.45. The van der Waals surface area contributed by atoms with Crippen molar-refractivity contribution >= 4 is 23.2 Å². The van der Waals surface area contributed by atoms with E-state index in [1.54, 1.807) is 6.07 Å². The largest absolute Gasteiger partial charge is 0.328 e. The molecule has 1 aromatic carbocycles. The first-order chi connectivity index (χ1) is 7.50. The van der Waals surface area contributed by atoms with Crippen LogP contribution in [0.4, 0.5) is 0 Å². The van der Waals surface area contributed by atoms with Crippen molar-refractivity contribution in [3.05, 3.63) is 33.8 Å². The number of hydrogen-bond donors (Lipinski definition) is 1. The predicted octanol–water partition coefficient (Wildman–Crippen LogP) is 4.30. The van der Waals surface area contributed by atoms with Crippen LogP contribution in [0.15, 0.2) is 18.2 Å². The highest BCUT2D eigenvalue weighted by molar-refractivity contribution is 6.42. The summed E-state index contributed by atoms with van der Waals surface area (Å²) < 4.78 is 0. The van der Waals surface area contributed by atoms with Gasteiger partial charge in [-0.2, -0.15) is 0 Å². The molecule has 0 aliphatic rings. The number of aryl methyl sites for hydroxylation is 1. The van der Waals surface area contributed by atoms with Crippen molar-refractivity contribution in [3.63, 3.8) is 0 Å². The quantitative estimate of drug-likeness (QED) is 0.839. The maximum Gasteiger partial charge on any atom is 0.0624 e. The van der Waals surface area contributed by atoms with Crippen LogP contribution in [0.5, 0.6) is 0 Å². The molecule has 0 radical (unpaired) electrons. The number of benzene rings is 1. The molecule has 0 aliphatic heterocycles. The second kappa shape index (κ2) is 6.48. The smallest absolute Gasteiger partial charge is 0.0624 e. The zero-order valence-corrected chi connectivity index (χ0v) is 11.4. The van der Waals surface area contributed by atoms with Gasteiger partial charge in [0, 0.05) is 6.04 Å². The molecule has 1 unspecified atom stereocenters. The molecule has 1 nitrogen and oxygen atoms in total. The lowest BCUT2D eigenvalue weighted by molar-refractivity contribution is 0.473. The maximum absolute atomic E-state index is 6.11. The summed E-state index contributed by atoms with van der Waals surface area (Å²) in [4.78, 5) is 0. The van der Waals surface area contributed by atoms with Crippen LogP contribution in [0.2, 0.25) is 10.0 Å². The van der Waals surface area contributed by atoms with Crippen molar-refractivity contribution in [1.82, 2.24) is 0 Å². The molecule has 1 rings (SSSR count). The van der Waals surface area contributed by atoms with Gasteiger partial charge in [0.05, 0.1) is 10.0 Å². The number of nitrogens with two attached hydrogens (primary N) is 1. The Hall–Kier alpha value is -0.240. The van der Waals surface area contributed by atoms with Gasteiger partial charge in [0.25, 0.3) is 0 Å². The van der Waals surface area contributed by atoms with Crippen molar-refractivity contribution in [3.8, 4) is 0 Å². The Labute approximate surface area is 108 Å². The van der Waals surface area contributed by atoms with Crippen LogP contribution in [0.3, 0.4) is 0 Å². The fourth-order valence-corrected chi connectivity index (χ4v) is 2.22. The first-order valence-corrected chi connectivity index (χ1v) is 6.44. The summed E-state index contributed by atoms with van der Waals surface area (Å²) in [6.07, 6.45) is 2.91. The van der Waals surface area contributed by atoms with Crippen LogP contribution in [0, 0.1) is 5.92 Å². The summed E-state index contributed by atoms with van der Waals surface area (Å²) >= 11 is 12.1. The Morgan fingerprint density at radius 3 is 2.56 bits per heavy atom. The summed E-state index contributed by atoms with van der Waals surface area (Å²) in [6.45, 7) is 4.37. The Morgan fingerprint density at radius 2 is 1.94 bits per heavy atom. The highest BCUT2D eigenvalue weighted by Crippen LogP contribution is 2.26. The SMILES string of the molecule is CC(C)CC(N)CCc1cccc(Cl)c1Cl. The lowest BCUT2D eigenvalue weighted by Crippen LogP contribution is -2.22. The van der Waals surface area contributed by atoms with Crippen molar-refractivity contribution in [2.45, 2.75) is 39.2 Å². The predicted molar refractivity (Wildman–Crippen MR) is 72.2 cm³/mol. The average Bonchev–Trinajstić information content (AvgIpc) is 2.19. The lowest BCUT2D eigenvalue weighted by atomic mass is 9.98. The molecule has 0 bridgehead atoms. The second-order valence-electron chi connectivity index (χ2n) is 4.64. The number of rotatable bonds is 5. The van der Waals surface area contributed by atoms with Crippen molar-refractivity contribution in [1.29, 1.82) is 0 Å². The average molecular weight is 260 g/mol. The molecule has 0 aliphatic carbocycles. The second-order valence-corrected chi connectivity index (χ2v) is 5.43. The summed E-state index contributed by atoms with van der Waals surface area (Å²) in [5, 5.41) is 1.29. The molecule has 1 atom stereocenters. The van der Waals surface area contributed by atoms with Gasteiger partial charge in [0.15, 0.2) is 0 Å². The molecule has 3 heteroatoms. The molecule has 16 heavy (non-hydrogen) atoms. The molecule has 0 amide bonds. The van der Waals surface area contributed by atoms with E-state index in [1.165, 1.54) is 0 Å². The standard InChI is InChI=1S/C13H19Cl2N/c1-9(2)8-11(16)7-6-10-4-3-5-12(14)13(10)15/h3-5,9,11H,6-8,16H2,1-2H3. The van der Waals surface area contributed by atoms with Gasteiger partial charge in [-0.15, -0.1) is 0 Å². The van der Waals surface area contributed by atoms with Crippen LogP contribution in [-0.4, -0.2) is 6.04 Å². The molecule has 0 saturated carbocycles. The molecular formula is C13H19Cl2N. The zero-order chi connectivity index (χ0) is 12.1. The van der Waals surface area contributed by atoms with Gasteiger partial charge in [-0.25, -0.2) is 0 Å². The van der Waals surface area contributed by atoms with Crippen LogP contribution in [0.1, 0.15) is 32.3 Å². The lowest BCUT2D eigenvalue weighted by Gasteiger charge is -2.14. The molecule has 0 heterocycles. The van der Waals surface area contributed by atoms with Gasteiger partial charge in [0.2, 0.25) is 0 Å². The minimum atomic E-state index is 0.245.